The summed E-state index contributed by atoms with van der Waals surface area (Å²) < 4.78 is 13.4. The molecular formula is C21H26FN5O2. The number of H-pyrrole nitrogens is 1. The van der Waals surface area contributed by atoms with Gasteiger partial charge in [-0.3, -0.25) is 9.89 Å². The van der Waals surface area contributed by atoms with Crippen molar-refractivity contribution in [3.63, 3.8) is 0 Å². The molecule has 0 spiro atoms. The minimum atomic E-state index is -0.389. The van der Waals surface area contributed by atoms with Gasteiger partial charge in [0.1, 0.15) is 5.82 Å². The van der Waals surface area contributed by atoms with Crippen molar-refractivity contribution in [1.82, 2.24) is 15.1 Å². The van der Waals surface area contributed by atoms with E-state index in [4.69, 9.17) is 0 Å². The average Bonchev–Trinajstić information content (AvgIpc) is 3.40. The average molecular weight is 399 g/mol. The number of halogens is 1. The van der Waals surface area contributed by atoms with Crippen molar-refractivity contribution in [2.75, 3.05) is 23.7 Å². The first-order valence-corrected chi connectivity index (χ1v) is 10.3. The smallest absolute Gasteiger partial charge is 0.321 e. The Morgan fingerprint density at radius 2 is 1.97 bits per heavy atom. The Morgan fingerprint density at radius 3 is 2.76 bits per heavy atom. The van der Waals surface area contributed by atoms with Crippen LogP contribution in [0.1, 0.15) is 50.1 Å². The maximum Gasteiger partial charge on any atom is 0.321 e. The summed E-state index contributed by atoms with van der Waals surface area (Å²) in [5, 5.41) is 12.9. The highest BCUT2D eigenvalue weighted by Gasteiger charge is 2.29. The van der Waals surface area contributed by atoms with Gasteiger partial charge in [-0.2, -0.15) is 5.10 Å². The number of hydrogen-bond donors (Lipinski definition) is 3. The van der Waals surface area contributed by atoms with Crippen LogP contribution in [-0.4, -0.2) is 40.1 Å². The number of rotatable bonds is 4. The van der Waals surface area contributed by atoms with Crippen LogP contribution in [-0.2, 0) is 4.79 Å². The van der Waals surface area contributed by atoms with E-state index in [0.29, 0.717) is 24.5 Å². The summed E-state index contributed by atoms with van der Waals surface area (Å²) in [5.74, 6) is -0.192. The molecule has 154 valence electrons. The van der Waals surface area contributed by atoms with Crippen LogP contribution < -0.4 is 10.6 Å². The largest absolute Gasteiger partial charge is 0.324 e. The second-order valence-electron chi connectivity index (χ2n) is 7.89. The molecule has 2 aromatic rings. The second-order valence-corrected chi connectivity index (χ2v) is 7.89. The van der Waals surface area contributed by atoms with Gasteiger partial charge in [0.2, 0.25) is 5.91 Å². The van der Waals surface area contributed by atoms with Crippen LogP contribution in [0.4, 0.5) is 20.6 Å². The number of nitrogens with one attached hydrogen (secondary N) is 3. The number of carbonyl (C=O) groups is 2. The number of urea groups is 1. The summed E-state index contributed by atoms with van der Waals surface area (Å²) in [5.41, 5.74) is 2.00. The highest BCUT2D eigenvalue weighted by molar-refractivity contribution is 5.93. The van der Waals surface area contributed by atoms with Gasteiger partial charge in [0.05, 0.1) is 17.6 Å². The molecule has 1 saturated carbocycles. The zero-order valence-electron chi connectivity index (χ0n) is 16.3. The highest BCUT2D eigenvalue weighted by atomic mass is 19.1. The third-order valence-electron chi connectivity index (χ3n) is 5.85. The number of carbonyl (C=O) groups excluding carboxylic acids is 2. The third kappa shape index (κ3) is 4.58. The molecule has 8 heteroatoms. The Morgan fingerprint density at radius 1 is 1.14 bits per heavy atom. The molecule has 1 aromatic carbocycles. The van der Waals surface area contributed by atoms with Crippen molar-refractivity contribution in [3.05, 3.63) is 42.0 Å². The first-order valence-electron chi connectivity index (χ1n) is 10.3. The number of nitrogens with zero attached hydrogens (tertiary/aromatic N) is 2. The number of aromatic amines is 1. The number of piperidine rings is 1. The minimum absolute atomic E-state index is 0.0571. The van der Waals surface area contributed by atoms with Gasteiger partial charge in [-0.15, -0.1) is 0 Å². The van der Waals surface area contributed by atoms with Crippen molar-refractivity contribution in [1.29, 1.82) is 0 Å². The topological polar surface area (TPSA) is 90.1 Å². The van der Waals surface area contributed by atoms with Gasteiger partial charge in [-0.1, -0.05) is 18.9 Å². The molecule has 29 heavy (non-hydrogen) atoms. The predicted octanol–water partition coefficient (Wildman–Crippen LogP) is 4.09. The maximum atomic E-state index is 13.4. The van der Waals surface area contributed by atoms with E-state index in [1.807, 2.05) is 0 Å². The van der Waals surface area contributed by atoms with E-state index in [1.54, 1.807) is 23.2 Å². The molecule has 0 radical (unpaired) electrons. The zero-order chi connectivity index (χ0) is 20.2. The normalized spacial score (nSPS) is 19.9. The summed E-state index contributed by atoms with van der Waals surface area (Å²) in [7, 11) is 0. The van der Waals surface area contributed by atoms with Crippen LogP contribution in [0.25, 0.3) is 0 Å². The zero-order valence-corrected chi connectivity index (χ0v) is 16.3. The molecule has 2 aliphatic rings. The number of anilines is 2. The van der Waals surface area contributed by atoms with Gasteiger partial charge in [0, 0.05) is 30.6 Å². The molecule has 4 rings (SSSR count). The van der Waals surface area contributed by atoms with Gasteiger partial charge in [-0.25, -0.2) is 9.18 Å². The number of aromatic nitrogens is 2. The van der Waals surface area contributed by atoms with Crippen molar-refractivity contribution in [3.8, 4) is 0 Å². The van der Waals surface area contributed by atoms with Crippen LogP contribution in [0.15, 0.2) is 30.5 Å². The molecule has 1 unspecified atom stereocenters. The van der Waals surface area contributed by atoms with Crippen molar-refractivity contribution >= 4 is 23.3 Å². The van der Waals surface area contributed by atoms with E-state index in [-0.39, 0.29) is 29.6 Å². The summed E-state index contributed by atoms with van der Waals surface area (Å²) in [6.07, 6.45) is 7.48. The Bertz CT molecular complexity index is 877. The summed E-state index contributed by atoms with van der Waals surface area (Å²) in [6.45, 7) is 1.14. The molecule has 2 heterocycles. The Balaban J connectivity index is 1.40. The molecular weight excluding hydrogens is 373 g/mol. The molecule has 7 nitrogen and oxygen atoms in total. The van der Waals surface area contributed by atoms with Gasteiger partial charge < -0.3 is 15.5 Å². The van der Waals surface area contributed by atoms with E-state index in [2.05, 4.69) is 20.8 Å². The first kappa shape index (κ1) is 19.4. The lowest BCUT2D eigenvalue weighted by Crippen LogP contribution is -2.41. The Hall–Kier alpha value is -2.90. The number of benzene rings is 1. The van der Waals surface area contributed by atoms with Crippen LogP contribution in [0.2, 0.25) is 0 Å². The molecule has 3 amide bonds. The van der Waals surface area contributed by atoms with Crippen molar-refractivity contribution < 1.29 is 14.0 Å². The van der Waals surface area contributed by atoms with Gasteiger partial charge in [0.25, 0.3) is 0 Å². The van der Waals surface area contributed by atoms with Gasteiger partial charge in [-0.05, 0) is 43.9 Å². The maximum absolute atomic E-state index is 13.4. The molecule has 1 atom stereocenters. The molecule has 2 fully saturated rings. The fourth-order valence-electron chi connectivity index (χ4n) is 4.30. The molecule has 1 aliphatic heterocycles. The van der Waals surface area contributed by atoms with E-state index >= 15 is 0 Å². The van der Waals surface area contributed by atoms with Crippen molar-refractivity contribution in [2.45, 2.75) is 44.4 Å². The molecule has 1 aliphatic carbocycles. The molecule has 0 bridgehead atoms. The van der Waals surface area contributed by atoms with Crippen LogP contribution in [0, 0.1) is 11.7 Å². The quantitative estimate of drug-likeness (QED) is 0.723. The number of likely N-dealkylation sites (tertiary alicyclic amines) is 1. The highest BCUT2D eigenvalue weighted by Crippen LogP contribution is 2.32. The number of amides is 3. The Kier molecular flexibility index (Phi) is 5.78. The van der Waals surface area contributed by atoms with Crippen LogP contribution >= 0.6 is 0 Å². The monoisotopic (exact) mass is 399 g/mol. The van der Waals surface area contributed by atoms with E-state index in [9.17, 15) is 14.0 Å². The third-order valence-corrected chi connectivity index (χ3v) is 5.85. The first-order chi connectivity index (χ1) is 14.1. The number of hydrogen-bond acceptors (Lipinski definition) is 3. The SMILES string of the molecule is O=C(Nc1cn[nH]c1C1CCCN(C(=O)Nc2cccc(F)c2)C1)C1CCCC1. The van der Waals surface area contributed by atoms with Crippen LogP contribution in [0.5, 0.6) is 0 Å². The second kappa shape index (κ2) is 8.63. The van der Waals surface area contributed by atoms with E-state index < -0.39 is 0 Å². The lowest BCUT2D eigenvalue weighted by Gasteiger charge is -2.32. The lowest BCUT2D eigenvalue weighted by molar-refractivity contribution is -0.119. The lowest BCUT2D eigenvalue weighted by atomic mass is 9.94. The fourth-order valence-corrected chi connectivity index (χ4v) is 4.30. The van der Waals surface area contributed by atoms with E-state index in [1.165, 1.54) is 12.1 Å². The summed E-state index contributed by atoms with van der Waals surface area (Å²) >= 11 is 0. The molecule has 1 saturated heterocycles. The molecule has 3 N–H and O–H groups in total. The Labute approximate surface area is 169 Å². The standard InChI is InChI=1S/C21H26FN5O2/c22-16-8-3-9-17(11-16)24-21(29)27-10-4-7-15(13-27)19-18(12-23-26-19)25-20(28)14-5-1-2-6-14/h3,8-9,11-12,14-15H,1-2,4-7,10,13H2,(H,23,26)(H,24,29)(H,25,28). The van der Waals surface area contributed by atoms with E-state index in [0.717, 1.165) is 44.2 Å². The van der Waals surface area contributed by atoms with Crippen molar-refractivity contribution in [2.24, 2.45) is 5.92 Å². The summed E-state index contributed by atoms with van der Waals surface area (Å²) in [4.78, 5) is 26.8. The van der Waals surface area contributed by atoms with Crippen LogP contribution in [0.3, 0.4) is 0 Å². The van der Waals surface area contributed by atoms with Gasteiger partial charge in [0.15, 0.2) is 0 Å². The van der Waals surface area contributed by atoms with Gasteiger partial charge >= 0.3 is 6.03 Å². The molecule has 1 aromatic heterocycles. The summed E-state index contributed by atoms with van der Waals surface area (Å²) in [6, 6.07) is 5.61. The fraction of sp³-hybridized carbons (Fsp3) is 0.476. The minimum Gasteiger partial charge on any atom is -0.324 e. The predicted molar refractivity (Wildman–Crippen MR) is 108 cm³/mol.